The van der Waals surface area contributed by atoms with E-state index in [9.17, 15) is 4.79 Å². The van der Waals surface area contributed by atoms with E-state index < -0.39 is 16.9 Å². The fourth-order valence-corrected chi connectivity index (χ4v) is 12.1. The van der Waals surface area contributed by atoms with Crippen LogP contribution in [0, 0.1) is 0 Å². The number of hydrogen-bond donors (Lipinski definition) is 0. The van der Waals surface area contributed by atoms with Crippen molar-refractivity contribution in [2.24, 2.45) is 0 Å². The van der Waals surface area contributed by atoms with E-state index in [0.29, 0.717) is 36.3 Å². The summed E-state index contributed by atoms with van der Waals surface area (Å²) in [5, 5.41) is 0. The Morgan fingerprint density at radius 1 is 0.893 bits per heavy atom. The fraction of sp³-hybridized carbons (Fsp3) is 0.952. The second kappa shape index (κ2) is 13.2. The van der Waals surface area contributed by atoms with E-state index in [1.165, 1.54) is 0 Å². The highest BCUT2D eigenvalue weighted by Crippen LogP contribution is 2.42. The molecule has 0 saturated heterocycles. The first-order valence-corrected chi connectivity index (χ1v) is 15.8. The quantitative estimate of drug-likeness (QED) is 0.316. The van der Waals surface area contributed by atoms with Gasteiger partial charge in [-0.2, -0.15) is 0 Å². The lowest BCUT2D eigenvalue weighted by Gasteiger charge is -2.41. The molecule has 0 aliphatic rings. The van der Waals surface area contributed by atoms with Crippen molar-refractivity contribution in [3.8, 4) is 0 Å². The molecule has 0 rings (SSSR count). The van der Waals surface area contributed by atoms with E-state index in [0.717, 1.165) is 25.6 Å². The molecular formula is C21H47NO4Si2. The molecular weight excluding hydrogens is 386 g/mol. The van der Waals surface area contributed by atoms with E-state index in [4.69, 9.17) is 13.3 Å². The molecule has 5 nitrogen and oxygen atoms in total. The van der Waals surface area contributed by atoms with Crippen LogP contribution >= 0.6 is 0 Å². The molecule has 0 aromatic rings. The predicted molar refractivity (Wildman–Crippen MR) is 124 cm³/mol. The van der Waals surface area contributed by atoms with Crippen LogP contribution in [0.1, 0.15) is 68.2 Å². The Bertz CT molecular complexity index is 416. The van der Waals surface area contributed by atoms with Crippen molar-refractivity contribution < 1.29 is 18.1 Å². The highest BCUT2D eigenvalue weighted by atomic mass is 28.4. The van der Waals surface area contributed by atoms with Gasteiger partial charge in [0.1, 0.15) is 0 Å². The Morgan fingerprint density at radius 2 is 1.36 bits per heavy atom. The molecule has 168 valence electrons. The fourth-order valence-electron chi connectivity index (χ4n) is 4.46. The van der Waals surface area contributed by atoms with E-state index in [1.54, 1.807) is 0 Å². The zero-order chi connectivity index (χ0) is 22.0. The summed E-state index contributed by atoms with van der Waals surface area (Å²) in [6.45, 7) is 22.6. The van der Waals surface area contributed by atoms with E-state index in [-0.39, 0.29) is 5.97 Å². The van der Waals surface area contributed by atoms with Crippen LogP contribution in [0.4, 0.5) is 0 Å². The van der Waals surface area contributed by atoms with Gasteiger partial charge in [0.05, 0.1) is 6.42 Å². The molecule has 0 fully saturated rings. The van der Waals surface area contributed by atoms with Crippen molar-refractivity contribution in [1.29, 1.82) is 0 Å². The summed E-state index contributed by atoms with van der Waals surface area (Å²) in [6, 6.07) is 0.980. The monoisotopic (exact) mass is 433 g/mol. The van der Waals surface area contributed by atoms with Crippen LogP contribution in [-0.4, -0.2) is 61.1 Å². The van der Waals surface area contributed by atoms with E-state index in [2.05, 4.69) is 60.0 Å². The lowest BCUT2D eigenvalue weighted by Crippen LogP contribution is -2.49. The van der Waals surface area contributed by atoms with Crippen molar-refractivity contribution in [3.05, 3.63) is 0 Å². The Kier molecular flexibility index (Phi) is 13.1. The highest BCUT2D eigenvalue weighted by Gasteiger charge is 2.48. The molecule has 0 aliphatic heterocycles. The van der Waals surface area contributed by atoms with Gasteiger partial charge in [0, 0.05) is 19.8 Å². The SMILES string of the molecule is CCO[Si](C)(CCCN(C)CCC(=O)O[Si](C(C)C)(C(C)C)C(C)C)OCC. The van der Waals surface area contributed by atoms with Crippen molar-refractivity contribution in [2.45, 2.75) is 97.4 Å². The summed E-state index contributed by atoms with van der Waals surface area (Å²) in [5.74, 6) is -0.0301. The van der Waals surface area contributed by atoms with Crippen LogP contribution in [0.25, 0.3) is 0 Å². The van der Waals surface area contributed by atoms with Crippen molar-refractivity contribution in [2.75, 3.05) is 33.4 Å². The summed E-state index contributed by atoms with van der Waals surface area (Å²) in [4.78, 5) is 14.9. The van der Waals surface area contributed by atoms with E-state index in [1.807, 2.05) is 13.8 Å². The smallest absolute Gasteiger partial charge is 0.334 e. The minimum atomic E-state index is -2.13. The summed E-state index contributed by atoms with van der Waals surface area (Å²) in [7, 11) is -2.10. The van der Waals surface area contributed by atoms with Crippen molar-refractivity contribution >= 4 is 22.8 Å². The molecule has 0 radical (unpaired) electrons. The van der Waals surface area contributed by atoms with Crippen LogP contribution in [0.15, 0.2) is 0 Å². The van der Waals surface area contributed by atoms with Gasteiger partial charge in [-0.15, -0.1) is 0 Å². The average molecular weight is 434 g/mol. The van der Waals surface area contributed by atoms with Gasteiger partial charge < -0.3 is 18.2 Å². The third-order valence-corrected chi connectivity index (χ3v) is 14.8. The third kappa shape index (κ3) is 8.65. The maximum Gasteiger partial charge on any atom is 0.334 e. The molecule has 0 aliphatic carbocycles. The van der Waals surface area contributed by atoms with Gasteiger partial charge in [-0.05, 0) is 63.1 Å². The van der Waals surface area contributed by atoms with Crippen molar-refractivity contribution in [3.63, 3.8) is 0 Å². The summed E-state index contributed by atoms with van der Waals surface area (Å²) in [5.41, 5.74) is 1.27. The van der Waals surface area contributed by atoms with Crippen molar-refractivity contribution in [1.82, 2.24) is 4.90 Å². The minimum Gasteiger partial charge on any atom is -0.518 e. The van der Waals surface area contributed by atoms with Gasteiger partial charge in [0.15, 0.2) is 0 Å². The van der Waals surface area contributed by atoms with Gasteiger partial charge in [-0.1, -0.05) is 41.5 Å². The molecule has 0 bridgehead atoms. The topological polar surface area (TPSA) is 48.0 Å². The molecule has 0 unspecified atom stereocenters. The summed E-state index contributed by atoms with van der Waals surface area (Å²) in [6.07, 6.45) is 1.49. The number of hydrogen-bond acceptors (Lipinski definition) is 5. The lowest BCUT2D eigenvalue weighted by atomic mass is 10.3. The summed E-state index contributed by atoms with van der Waals surface area (Å²) >= 11 is 0. The standard InChI is InChI=1S/C21H47NO4Si2/c1-11-24-27(10,25-12-2)17-13-15-22(9)16-14-21(23)26-28(18(3)4,19(5)6)20(7)8/h18-20H,11-17H2,1-10H3. The van der Waals surface area contributed by atoms with E-state index >= 15 is 0 Å². The molecule has 0 heterocycles. The zero-order valence-corrected chi connectivity index (χ0v) is 22.3. The maximum absolute atomic E-state index is 12.6. The normalized spacial score (nSPS) is 13.2. The Labute approximate surface area is 176 Å². The highest BCUT2D eigenvalue weighted by molar-refractivity contribution is 6.78. The summed E-state index contributed by atoms with van der Waals surface area (Å²) < 4.78 is 18.0. The zero-order valence-electron chi connectivity index (χ0n) is 20.3. The molecule has 0 aromatic heterocycles. The van der Waals surface area contributed by atoms with Gasteiger partial charge in [0.2, 0.25) is 0 Å². The molecule has 0 amide bonds. The molecule has 0 N–H and O–H groups in total. The number of nitrogens with zero attached hydrogens (tertiary/aromatic N) is 1. The van der Waals surface area contributed by atoms with Gasteiger partial charge in [0.25, 0.3) is 14.3 Å². The molecule has 28 heavy (non-hydrogen) atoms. The third-order valence-electron chi connectivity index (χ3n) is 5.77. The second-order valence-corrected chi connectivity index (χ2v) is 17.7. The van der Waals surface area contributed by atoms with Crippen LogP contribution in [0.2, 0.25) is 29.2 Å². The van der Waals surface area contributed by atoms with Crippen LogP contribution < -0.4 is 0 Å². The molecule has 0 spiro atoms. The van der Waals surface area contributed by atoms with Gasteiger partial charge >= 0.3 is 8.56 Å². The first-order valence-electron chi connectivity index (χ1n) is 11.1. The molecule has 0 atom stereocenters. The van der Waals surface area contributed by atoms with Crippen LogP contribution in [0.3, 0.4) is 0 Å². The lowest BCUT2D eigenvalue weighted by molar-refractivity contribution is -0.136. The largest absolute Gasteiger partial charge is 0.518 e. The average Bonchev–Trinajstić information content (AvgIpc) is 2.57. The number of rotatable bonds is 15. The number of carbonyl (C=O) groups excluding carboxylic acids is 1. The Balaban J connectivity index is 4.54. The first kappa shape index (κ1) is 27.8. The van der Waals surface area contributed by atoms with Crippen LogP contribution in [-0.2, 0) is 18.1 Å². The molecule has 7 heteroatoms. The van der Waals surface area contributed by atoms with Gasteiger partial charge in [-0.25, -0.2) is 0 Å². The predicted octanol–water partition coefficient (Wildman–Crippen LogP) is 5.56. The Hall–Kier alpha value is -0.216. The maximum atomic E-state index is 12.6. The minimum absolute atomic E-state index is 0.0301. The van der Waals surface area contributed by atoms with Gasteiger partial charge in [-0.3, -0.25) is 4.79 Å². The van der Waals surface area contributed by atoms with Crippen LogP contribution in [0.5, 0.6) is 0 Å². The molecule has 0 saturated carbocycles. The molecule has 0 aromatic carbocycles. The Morgan fingerprint density at radius 3 is 1.75 bits per heavy atom. The first-order chi connectivity index (χ1) is 12.9. The number of carbonyl (C=O) groups is 1. The second-order valence-electron chi connectivity index (χ2n) is 8.95.